The highest BCUT2D eigenvalue weighted by Gasteiger charge is 2.30. The third-order valence-electron chi connectivity index (χ3n) is 5.25. The van der Waals surface area contributed by atoms with Crippen molar-refractivity contribution in [1.29, 1.82) is 0 Å². The summed E-state index contributed by atoms with van der Waals surface area (Å²) >= 11 is 6.14. The van der Waals surface area contributed by atoms with E-state index in [4.69, 9.17) is 26.8 Å². The zero-order valence-corrected chi connectivity index (χ0v) is 15.9. The highest BCUT2D eigenvalue weighted by atomic mass is 35.5. The summed E-state index contributed by atoms with van der Waals surface area (Å²) in [6.45, 7) is 5.40. The highest BCUT2D eigenvalue weighted by Crippen LogP contribution is 2.39. The molecule has 0 radical (unpaired) electrons. The smallest absolute Gasteiger partial charge is 0.341 e. The van der Waals surface area contributed by atoms with Gasteiger partial charge in [-0.25, -0.2) is 4.79 Å². The number of nitrogens with zero attached hydrogens (tertiary/aromatic N) is 1. The molecule has 3 rings (SSSR count). The number of carbonyl (C=O) groups is 1. The molecule has 144 valence electrons. The minimum absolute atomic E-state index is 0.0463. The predicted molar refractivity (Wildman–Crippen MR) is 101 cm³/mol. The lowest BCUT2D eigenvalue weighted by Crippen LogP contribution is -2.45. The van der Waals surface area contributed by atoms with Gasteiger partial charge < -0.3 is 25.2 Å². The lowest BCUT2D eigenvalue weighted by Gasteiger charge is -2.35. The molecular formula is C19H27ClN2O4. The molecule has 26 heavy (non-hydrogen) atoms. The van der Waals surface area contributed by atoms with Gasteiger partial charge in [-0.3, -0.25) is 0 Å². The molecule has 0 bridgehead atoms. The second-order valence-corrected chi connectivity index (χ2v) is 7.50. The van der Waals surface area contributed by atoms with Crippen molar-refractivity contribution < 1.29 is 19.4 Å². The van der Waals surface area contributed by atoms with Crippen LogP contribution >= 0.6 is 11.6 Å². The van der Waals surface area contributed by atoms with Crippen LogP contribution in [-0.2, 0) is 11.2 Å². The molecule has 3 N–H and O–H groups in total. The van der Waals surface area contributed by atoms with E-state index in [1.807, 2.05) is 0 Å². The Morgan fingerprint density at radius 1 is 1.54 bits per heavy atom. The normalized spacial score (nSPS) is 22.7. The van der Waals surface area contributed by atoms with Gasteiger partial charge >= 0.3 is 5.97 Å². The van der Waals surface area contributed by atoms with Crippen molar-refractivity contribution in [2.75, 3.05) is 38.6 Å². The molecule has 1 fully saturated rings. The fraction of sp³-hybridized carbons (Fsp3) is 0.632. The van der Waals surface area contributed by atoms with E-state index in [9.17, 15) is 9.90 Å². The van der Waals surface area contributed by atoms with E-state index in [-0.39, 0.29) is 12.5 Å². The molecule has 2 heterocycles. The van der Waals surface area contributed by atoms with E-state index in [1.165, 1.54) is 6.07 Å². The number of benzene rings is 1. The largest absolute Gasteiger partial charge is 0.492 e. The monoisotopic (exact) mass is 382 g/mol. The molecule has 0 spiro atoms. The second-order valence-electron chi connectivity index (χ2n) is 7.09. The number of hydrogen-bond donors (Lipinski definition) is 2. The SMILES string of the molecule is CCCCN1CCC(COC(=O)c2cc(Cl)c(N)c3c2OCC3)C(O)C1. The molecule has 1 aromatic rings. The standard InChI is InChI=1S/C19H27ClN2O4/c1-2-3-6-22-7-4-12(16(23)10-22)11-26-19(24)14-9-15(20)17(21)13-5-8-25-18(13)14/h9,12,16,23H,2-8,10-11,21H2,1H3. The van der Waals surface area contributed by atoms with Gasteiger partial charge in [0.05, 0.1) is 30.0 Å². The summed E-state index contributed by atoms with van der Waals surface area (Å²) in [6.07, 6.45) is 3.25. The maximum absolute atomic E-state index is 12.5. The summed E-state index contributed by atoms with van der Waals surface area (Å²) in [7, 11) is 0. The summed E-state index contributed by atoms with van der Waals surface area (Å²) < 4.78 is 11.0. The number of aliphatic hydroxyl groups is 1. The van der Waals surface area contributed by atoms with Crippen LogP contribution in [0, 0.1) is 5.92 Å². The third kappa shape index (κ3) is 4.08. The number of carbonyl (C=O) groups excluding carboxylic acids is 1. The number of likely N-dealkylation sites (tertiary alicyclic amines) is 1. The van der Waals surface area contributed by atoms with Crippen molar-refractivity contribution >= 4 is 23.3 Å². The number of unbranched alkanes of at least 4 members (excludes halogenated alkanes) is 1. The Morgan fingerprint density at radius 3 is 3.08 bits per heavy atom. The van der Waals surface area contributed by atoms with Crippen LogP contribution in [0.1, 0.15) is 42.1 Å². The number of esters is 1. The Bertz CT molecular complexity index is 667. The number of fused-ring (bicyclic) bond motifs is 1. The first-order valence-corrected chi connectivity index (χ1v) is 9.70. The van der Waals surface area contributed by atoms with Crippen molar-refractivity contribution in [1.82, 2.24) is 4.90 Å². The fourth-order valence-corrected chi connectivity index (χ4v) is 3.83. The average Bonchev–Trinajstić information content (AvgIpc) is 3.12. The van der Waals surface area contributed by atoms with Crippen LogP contribution in [0.5, 0.6) is 5.75 Å². The van der Waals surface area contributed by atoms with Gasteiger partial charge in [0.1, 0.15) is 11.3 Å². The molecule has 2 aliphatic heterocycles. The minimum atomic E-state index is -0.481. The zero-order valence-electron chi connectivity index (χ0n) is 15.2. The Hall–Kier alpha value is -1.50. The van der Waals surface area contributed by atoms with E-state index in [0.717, 1.165) is 37.9 Å². The van der Waals surface area contributed by atoms with E-state index in [2.05, 4.69) is 11.8 Å². The van der Waals surface area contributed by atoms with E-state index in [1.54, 1.807) is 0 Å². The fourth-order valence-electron chi connectivity index (χ4n) is 3.60. The van der Waals surface area contributed by atoms with Gasteiger partial charge in [-0.1, -0.05) is 24.9 Å². The van der Waals surface area contributed by atoms with Crippen LogP contribution in [0.4, 0.5) is 5.69 Å². The first kappa shape index (κ1) is 19.3. The van der Waals surface area contributed by atoms with Crippen LogP contribution in [0.2, 0.25) is 5.02 Å². The van der Waals surface area contributed by atoms with Gasteiger partial charge in [-0.05, 0) is 32.0 Å². The van der Waals surface area contributed by atoms with Crippen molar-refractivity contribution in [2.45, 2.75) is 38.7 Å². The number of aliphatic hydroxyl groups excluding tert-OH is 1. The number of piperidine rings is 1. The van der Waals surface area contributed by atoms with Crippen LogP contribution in [0.3, 0.4) is 0 Å². The Kier molecular flexibility index (Phi) is 6.27. The van der Waals surface area contributed by atoms with Crippen molar-refractivity contribution in [2.24, 2.45) is 5.92 Å². The van der Waals surface area contributed by atoms with Crippen LogP contribution < -0.4 is 10.5 Å². The van der Waals surface area contributed by atoms with Gasteiger partial charge in [0.15, 0.2) is 0 Å². The molecule has 0 amide bonds. The molecule has 0 aromatic heterocycles. The van der Waals surface area contributed by atoms with E-state index in [0.29, 0.717) is 41.6 Å². The molecule has 2 unspecified atom stereocenters. The number of halogens is 1. The van der Waals surface area contributed by atoms with Gasteiger partial charge in [0.2, 0.25) is 0 Å². The molecule has 0 saturated carbocycles. The average molecular weight is 383 g/mol. The molecule has 2 aliphatic rings. The molecular weight excluding hydrogens is 356 g/mol. The summed E-state index contributed by atoms with van der Waals surface area (Å²) in [4.78, 5) is 14.8. The number of β-amino-alcohol motifs (C(OH)–C–C–N with tert-alkyl or cyclic N) is 1. The van der Waals surface area contributed by atoms with Crippen LogP contribution in [0.15, 0.2) is 6.07 Å². The summed E-state index contributed by atoms with van der Waals surface area (Å²) in [5.74, 6) is -0.0486. The topological polar surface area (TPSA) is 85.0 Å². The maximum Gasteiger partial charge on any atom is 0.341 e. The minimum Gasteiger partial charge on any atom is -0.492 e. The maximum atomic E-state index is 12.5. The molecule has 7 heteroatoms. The quantitative estimate of drug-likeness (QED) is 0.580. The third-order valence-corrected chi connectivity index (χ3v) is 5.57. The Morgan fingerprint density at radius 2 is 2.35 bits per heavy atom. The van der Waals surface area contributed by atoms with Gasteiger partial charge in [-0.15, -0.1) is 0 Å². The predicted octanol–water partition coefficient (Wildman–Crippen LogP) is 2.50. The first-order valence-electron chi connectivity index (χ1n) is 9.32. The second kappa shape index (κ2) is 8.46. The number of nitrogen functional groups attached to an aromatic ring is 1. The van der Waals surface area contributed by atoms with Gasteiger partial charge in [0, 0.05) is 24.4 Å². The first-order chi connectivity index (χ1) is 12.5. The van der Waals surface area contributed by atoms with Crippen molar-refractivity contribution in [3.8, 4) is 5.75 Å². The van der Waals surface area contributed by atoms with Crippen LogP contribution in [-0.4, -0.2) is 54.9 Å². The summed E-state index contributed by atoms with van der Waals surface area (Å²) in [6, 6.07) is 1.51. The number of rotatable bonds is 6. The van der Waals surface area contributed by atoms with Gasteiger partial charge in [-0.2, -0.15) is 0 Å². The lowest BCUT2D eigenvalue weighted by molar-refractivity contribution is -0.0147. The van der Waals surface area contributed by atoms with Gasteiger partial charge in [0.25, 0.3) is 0 Å². The number of anilines is 1. The lowest BCUT2D eigenvalue weighted by atomic mass is 9.94. The number of nitrogens with two attached hydrogens (primary N) is 1. The zero-order chi connectivity index (χ0) is 18.7. The van der Waals surface area contributed by atoms with Crippen molar-refractivity contribution in [3.63, 3.8) is 0 Å². The molecule has 2 atom stereocenters. The van der Waals surface area contributed by atoms with Crippen LogP contribution in [0.25, 0.3) is 0 Å². The summed E-state index contributed by atoms with van der Waals surface area (Å²) in [5, 5.41) is 10.7. The van der Waals surface area contributed by atoms with Crippen molar-refractivity contribution in [3.05, 3.63) is 22.2 Å². The summed E-state index contributed by atoms with van der Waals surface area (Å²) in [5.41, 5.74) is 7.51. The Labute approximate surface area is 159 Å². The Balaban J connectivity index is 1.59. The number of ether oxygens (including phenoxy) is 2. The molecule has 1 saturated heterocycles. The molecule has 1 aromatic carbocycles. The van der Waals surface area contributed by atoms with E-state index < -0.39 is 12.1 Å². The number of hydrogen-bond acceptors (Lipinski definition) is 6. The van der Waals surface area contributed by atoms with E-state index >= 15 is 0 Å². The highest BCUT2D eigenvalue weighted by molar-refractivity contribution is 6.33. The molecule has 0 aliphatic carbocycles. The molecule has 6 nitrogen and oxygen atoms in total.